The van der Waals surface area contributed by atoms with E-state index in [4.69, 9.17) is 15.3 Å². The van der Waals surface area contributed by atoms with Gasteiger partial charge in [0.1, 0.15) is 17.6 Å². The maximum Gasteiger partial charge on any atom is 0.321 e. The smallest absolute Gasteiger partial charge is 0.321 e. The lowest BCUT2D eigenvalue weighted by molar-refractivity contribution is -0.139. The van der Waals surface area contributed by atoms with Gasteiger partial charge in [-0.1, -0.05) is 13.8 Å². The SMILES string of the molecule is Cc1ccc(C(C(C)C)C(N)C(=O)O)o1. The van der Waals surface area contributed by atoms with Gasteiger partial charge in [-0.2, -0.15) is 0 Å². The topological polar surface area (TPSA) is 76.5 Å². The molecular weight excluding hydrogens is 194 g/mol. The molecule has 0 bridgehead atoms. The fraction of sp³-hybridized carbons (Fsp3) is 0.545. The first kappa shape index (κ1) is 11.8. The first-order valence-corrected chi connectivity index (χ1v) is 4.98. The van der Waals surface area contributed by atoms with Crippen molar-refractivity contribution in [3.8, 4) is 0 Å². The van der Waals surface area contributed by atoms with E-state index in [0.29, 0.717) is 5.76 Å². The van der Waals surface area contributed by atoms with Crippen LogP contribution in [0.25, 0.3) is 0 Å². The molecule has 0 saturated carbocycles. The second-order valence-corrected chi connectivity index (χ2v) is 4.08. The fourth-order valence-electron chi connectivity index (χ4n) is 1.71. The molecule has 3 N–H and O–H groups in total. The number of rotatable bonds is 4. The van der Waals surface area contributed by atoms with Crippen molar-refractivity contribution in [1.82, 2.24) is 0 Å². The number of aliphatic carboxylic acids is 1. The van der Waals surface area contributed by atoms with E-state index in [1.807, 2.05) is 26.8 Å². The molecule has 1 aromatic heterocycles. The minimum atomic E-state index is -0.997. The third-order valence-corrected chi connectivity index (χ3v) is 2.48. The van der Waals surface area contributed by atoms with Gasteiger partial charge in [0.15, 0.2) is 0 Å². The molecule has 2 unspecified atom stereocenters. The zero-order valence-electron chi connectivity index (χ0n) is 9.23. The summed E-state index contributed by atoms with van der Waals surface area (Å²) in [5.74, 6) is 0.270. The summed E-state index contributed by atoms with van der Waals surface area (Å²) in [6.45, 7) is 5.70. The standard InChI is InChI=1S/C11H17NO3/c1-6(2)9(10(12)11(13)14)8-5-4-7(3)15-8/h4-6,9-10H,12H2,1-3H3,(H,13,14). The number of hydrogen-bond donors (Lipinski definition) is 2. The maximum atomic E-state index is 10.9. The van der Waals surface area contributed by atoms with Gasteiger partial charge in [0, 0.05) is 5.92 Å². The van der Waals surface area contributed by atoms with E-state index in [1.54, 1.807) is 6.07 Å². The summed E-state index contributed by atoms with van der Waals surface area (Å²) in [6, 6.07) is 2.69. The van der Waals surface area contributed by atoms with E-state index in [1.165, 1.54) is 0 Å². The van der Waals surface area contributed by atoms with Crippen molar-refractivity contribution >= 4 is 5.97 Å². The lowest BCUT2D eigenvalue weighted by Crippen LogP contribution is -2.38. The molecule has 1 aromatic rings. The van der Waals surface area contributed by atoms with Crippen molar-refractivity contribution in [2.45, 2.75) is 32.7 Å². The number of carboxylic acid groups (broad SMARTS) is 1. The zero-order valence-corrected chi connectivity index (χ0v) is 9.23. The Morgan fingerprint density at radius 1 is 1.47 bits per heavy atom. The average molecular weight is 211 g/mol. The van der Waals surface area contributed by atoms with Crippen molar-refractivity contribution in [1.29, 1.82) is 0 Å². The molecule has 0 spiro atoms. The van der Waals surface area contributed by atoms with Crippen LogP contribution >= 0.6 is 0 Å². The van der Waals surface area contributed by atoms with Crippen molar-refractivity contribution in [2.24, 2.45) is 11.7 Å². The summed E-state index contributed by atoms with van der Waals surface area (Å²) in [7, 11) is 0. The van der Waals surface area contributed by atoms with E-state index in [9.17, 15) is 4.79 Å². The van der Waals surface area contributed by atoms with Gasteiger partial charge >= 0.3 is 5.97 Å². The molecule has 4 heteroatoms. The molecule has 0 aliphatic carbocycles. The average Bonchev–Trinajstić information content (AvgIpc) is 2.51. The Labute approximate surface area is 89.1 Å². The van der Waals surface area contributed by atoms with E-state index >= 15 is 0 Å². The number of carboxylic acids is 1. The first-order chi connectivity index (χ1) is 6.93. The van der Waals surface area contributed by atoms with E-state index < -0.39 is 12.0 Å². The Balaban J connectivity index is 2.98. The van der Waals surface area contributed by atoms with E-state index in [0.717, 1.165) is 5.76 Å². The maximum absolute atomic E-state index is 10.9. The van der Waals surface area contributed by atoms with Crippen molar-refractivity contribution in [2.75, 3.05) is 0 Å². The largest absolute Gasteiger partial charge is 0.480 e. The van der Waals surface area contributed by atoms with Gasteiger partial charge < -0.3 is 15.3 Å². The summed E-state index contributed by atoms with van der Waals surface area (Å²) in [5, 5.41) is 8.90. The summed E-state index contributed by atoms with van der Waals surface area (Å²) in [6.07, 6.45) is 0. The minimum absolute atomic E-state index is 0.127. The van der Waals surface area contributed by atoms with Gasteiger partial charge in [0.2, 0.25) is 0 Å². The highest BCUT2D eigenvalue weighted by atomic mass is 16.4. The molecule has 0 aliphatic rings. The summed E-state index contributed by atoms with van der Waals surface area (Å²) in [4.78, 5) is 10.9. The Morgan fingerprint density at radius 3 is 2.40 bits per heavy atom. The Bertz CT molecular complexity index is 343. The highest BCUT2D eigenvalue weighted by Gasteiger charge is 2.30. The zero-order chi connectivity index (χ0) is 11.6. The predicted molar refractivity (Wildman–Crippen MR) is 56.6 cm³/mol. The second kappa shape index (κ2) is 4.49. The third kappa shape index (κ3) is 2.59. The molecule has 0 aliphatic heterocycles. The lowest BCUT2D eigenvalue weighted by atomic mass is 9.87. The number of aryl methyl sites for hydroxylation is 1. The molecule has 0 saturated heterocycles. The Morgan fingerprint density at radius 2 is 2.07 bits per heavy atom. The van der Waals surface area contributed by atoms with Crippen molar-refractivity contribution in [3.63, 3.8) is 0 Å². The van der Waals surface area contributed by atoms with Crippen LogP contribution in [0.4, 0.5) is 0 Å². The van der Waals surface area contributed by atoms with Gasteiger partial charge in [0.05, 0.1) is 0 Å². The van der Waals surface area contributed by atoms with Crippen molar-refractivity contribution in [3.05, 3.63) is 23.7 Å². The number of hydrogen-bond acceptors (Lipinski definition) is 3. The quantitative estimate of drug-likeness (QED) is 0.795. The van der Waals surface area contributed by atoms with Crippen LogP contribution in [0.15, 0.2) is 16.5 Å². The van der Waals surface area contributed by atoms with Gasteiger partial charge in [-0.25, -0.2) is 0 Å². The molecule has 0 amide bonds. The van der Waals surface area contributed by atoms with E-state index in [2.05, 4.69) is 0 Å². The molecule has 1 rings (SSSR count). The Hall–Kier alpha value is -1.29. The van der Waals surface area contributed by atoms with Crippen LogP contribution in [0, 0.1) is 12.8 Å². The predicted octanol–water partition coefficient (Wildman–Crippen LogP) is 1.74. The summed E-state index contributed by atoms with van der Waals surface area (Å²) in [5.41, 5.74) is 5.64. The molecule has 0 fully saturated rings. The minimum Gasteiger partial charge on any atom is -0.480 e. The molecule has 0 radical (unpaired) electrons. The third-order valence-electron chi connectivity index (χ3n) is 2.48. The summed E-state index contributed by atoms with van der Waals surface area (Å²) < 4.78 is 5.43. The molecule has 0 aromatic carbocycles. The molecule has 1 heterocycles. The molecule has 2 atom stereocenters. The molecule has 4 nitrogen and oxygen atoms in total. The van der Waals surface area contributed by atoms with Crippen LogP contribution in [0.3, 0.4) is 0 Å². The van der Waals surface area contributed by atoms with Crippen LogP contribution < -0.4 is 5.73 Å². The molecule has 84 valence electrons. The fourth-order valence-corrected chi connectivity index (χ4v) is 1.71. The first-order valence-electron chi connectivity index (χ1n) is 4.98. The molecular formula is C11H17NO3. The van der Waals surface area contributed by atoms with Gasteiger partial charge in [-0.15, -0.1) is 0 Å². The number of nitrogens with two attached hydrogens (primary N) is 1. The van der Waals surface area contributed by atoms with Crippen LogP contribution in [0.5, 0.6) is 0 Å². The van der Waals surface area contributed by atoms with Gasteiger partial charge in [0.25, 0.3) is 0 Å². The van der Waals surface area contributed by atoms with Crippen LogP contribution in [0.1, 0.15) is 31.3 Å². The van der Waals surface area contributed by atoms with Crippen molar-refractivity contribution < 1.29 is 14.3 Å². The highest BCUT2D eigenvalue weighted by Crippen LogP contribution is 2.28. The monoisotopic (exact) mass is 211 g/mol. The summed E-state index contributed by atoms with van der Waals surface area (Å²) >= 11 is 0. The number of carbonyl (C=O) groups is 1. The second-order valence-electron chi connectivity index (χ2n) is 4.08. The lowest BCUT2D eigenvalue weighted by Gasteiger charge is -2.22. The number of furan rings is 1. The highest BCUT2D eigenvalue weighted by molar-refractivity contribution is 5.74. The van der Waals surface area contributed by atoms with Crippen LogP contribution in [-0.4, -0.2) is 17.1 Å². The molecule has 15 heavy (non-hydrogen) atoms. The van der Waals surface area contributed by atoms with Crippen LogP contribution in [-0.2, 0) is 4.79 Å². The van der Waals surface area contributed by atoms with E-state index in [-0.39, 0.29) is 11.8 Å². The normalized spacial score (nSPS) is 15.3. The Kier molecular flexibility index (Phi) is 3.52. The van der Waals surface area contributed by atoms with Crippen LogP contribution in [0.2, 0.25) is 0 Å². The van der Waals surface area contributed by atoms with Gasteiger partial charge in [-0.3, -0.25) is 4.79 Å². The van der Waals surface area contributed by atoms with Gasteiger partial charge in [-0.05, 0) is 25.0 Å².